The fourth-order valence-electron chi connectivity index (χ4n) is 2.76. The largest absolute Gasteiger partial charge is 0.454 e. The maximum atomic E-state index is 12.1. The van der Waals surface area contributed by atoms with Gasteiger partial charge in [0.15, 0.2) is 11.5 Å². The highest BCUT2D eigenvalue weighted by molar-refractivity contribution is 7.99. The molecule has 0 fully saturated rings. The number of aromatic nitrogens is 2. The van der Waals surface area contributed by atoms with Crippen LogP contribution in [0.5, 0.6) is 11.5 Å². The molecule has 1 amide bonds. The van der Waals surface area contributed by atoms with E-state index >= 15 is 0 Å². The zero-order chi connectivity index (χ0) is 19.3. The number of amides is 1. The molecule has 4 rings (SSSR count). The molecule has 8 heteroatoms. The van der Waals surface area contributed by atoms with Crippen LogP contribution in [0.25, 0.3) is 11.5 Å². The Morgan fingerprint density at radius 2 is 1.96 bits per heavy atom. The molecule has 1 aliphatic heterocycles. The number of ether oxygens (including phenoxy) is 2. The number of fused-ring (bicyclic) bond motifs is 1. The lowest BCUT2D eigenvalue weighted by molar-refractivity contribution is -0.118. The van der Waals surface area contributed by atoms with Crippen molar-refractivity contribution in [3.63, 3.8) is 0 Å². The summed E-state index contributed by atoms with van der Waals surface area (Å²) in [7, 11) is 0. The molecule has 28 heavy (non-hydrogen) atoms. The summed E-state index contributed by atoms with van der Waals surface area (Å²) in [5, 5.41) is 11.3. The summed E-state index contributed by atoms with van der Waals surface area (Å²) in [4.78, 5) is 12.1. The molecule has 1 atom stereocenters. The van der Waals surface area contributed by atoms with Gasteiger partial charge in [-0.05, 0) is 29.7 Å². The van der Waals surface area contributed by atoms with Gasteiger partial charge in [-0.15, -0.1) is 10.2 Å². The molecular formula is C20H19N3O4S. The summed E-state index contributed by atoms with van der Waals surface area (Å²) in [5.74, 6) is 2.10. The molecule has 0 radical (unpaired) electrons. The minimum absolute atomic E-state index is 0.0735. The first-order valence-electron chi connectivity index (χ1n) is 8.87. The van der Waals surface area contributed by atoms with Gasteiger partial charge in [0.25, 0.3) is 5.22 Å². The predicted octanol–water partition coefficient (Wildman–Crippen LogP) is 3.48. The number of hydrogen-bond donors (Lipinski definition) is 1. The molecule has 0 unspecified atom stereocenters. The fraction of sp³-hybridized carbons (Fsp3) is 0.250. The van der Waals surface area contributed by atoms with E-state index in [2.05, 4.69) is 34.6 Å². The average molecular weight is 397 g/mol. The van der Waals surface area contributed by atoms with E-state index in [1.807, 2.05) is 24.3 Å². The summed E-state index contributed by atoms with van der Waals surface area (Å²) in [6, 6.07) is 15.5. The van der Waals surface area contributed by atoms with E-state index in [0.29, 0.717) is 29.2 Å². The van der Waals surface area contributed by atoms with Crippen LogP contribution in [0.3, 0.4) is 0 Å². The van der Waals surface area contributed by atoms with Crippen LogP contribution in [0.4, 0.5) is 0 Å². The minimum atomic E-state index is -0.0735. The summed E-state index contributed by atoms with van der Waals surface area (Å²) in [6.07, 6.45) is 0. The van der Waals surface area contributed by atoms with E-state index in [9.17, 15) is 4.79 Å². The molecule has 1 N–H and O–H groups in total. The summed E-state index contributed by atoms with van der Waals surface area (Å²) >= 11 is 1.21. The first-order valence-corrected chi connectivity index (χ1v) is 9.85. The Morgan fingerprint density at radius 1 is 1.14 bits per heavy atom. The number of carbonyl (C=O) groups is 1. The quantitative estimate of drug-likeness (QED) is 0.611. The van der Waals surface area contributed by atoms with E-state index < -0.39 is 0 Å². The van der Waals surface area contributed by atoms with Crippen LogP contribution in [0.1, 0.15) is 18.4 Å². The first kappa shape index (κ1) is 18.4. The van der Waals surface area contributed by atoms with Gasteiger partial charge in [0.2, 0.25) is 18.6 Å². The van der Waals surface area contributed by atoms with Crippen LogP contribution >= 0.6 is 11.8 Å². The Labute approximate surface area is 166 Å². The van der Waals surface area contributed by atoms with Gasteiger partial charge in [-0.3, -0.25) is 4.79 Å². The molecular weight excluding hydrogens is 378 g/mol. The average Bonchev–Trinajstić information content (AvgIpc) is 3.39. The van der Waals surface area contributed by atoms with Gasteiger partial charge in [0.1, 0.15) is 0 Å². The number of hydrogen-bond acceptors (Lipinski definition) is 7. The van der Waals surface area contributed by atoms with Crippen molar-refractivity contribution < 1.29 is 18.7 Å². The monoisotopic (exact) mass is 397 g/mol. The molecule has 0 bridgehead atoms. The Balaban J connectivity index is 1.28. The van der Waals surface area contributed by atoms with Crippen molar-refractivity contribution in [1.29, 1.82) is 0 Å². The third-order valence-corrected chi connectivity index (χ3v) is 5.15. The van der Waals surface area contributed by atoms with Gasteiger partial charge in [0, 0.05) is 12.1 Å². The van der Waals surface area contributed by atoms with Gasteiger partial charge in [-0.1, -0.05) is 49.0 Å². The van der Waals surface area contributed by atoms with Gasteiger partial charge in [0.05, 0.1) is 5.75 Å². The SMILES string of the molecule is C[C@H](CNC(=O)CSc1nnc(-c2ccc3c(c2)OCO3)o1)c1ccccc1. The minimum Gasteiger partial charge on any atom is -0.454 e. The Kier molecular flexibility index (Phi) is 5.48. The van der Waals surface area contributed by atoms with Crippen LogP contribution in [-0.4, -0.2) is 35.2 Å². The van der Waals surface area contributed by atoms with Crippen molar-refractivity contribution in [2.75, 3.05) is 19.1 Å². The van der Waals surface area contributed by atoms with Crippen molar-refractivity contribution in [1.82, 2.24) is 15.5 Å². The molecule has 3 aromatic rings. The number of nitrogens with zero attached hydrogens (tertiary/aromatic N) is 2. The lowest BCUT2D eigenvalue weighted by Gasteiger charge is -2.12. The lowest BCUT2D eigenvalue weighted by Crippen LogP contribution is -2.28. The van der Waals surface area contributed by atoms with Crippen LogP contribution in [0.2, 0.25) is 0 Å². The molecule has 1 aliphatic rings. The molecule has 7 nitrogen and oxygen atoms in total. The van der Waals surface area contributed by atoms with Gasteiger partial charge in [-0.25, -0.2) is 0 Å². The number of thioether (sulfide) groups is 1. The highest BCUT2D eigenvalue weighted by atomic mass is 32.2. The molecule has 0 aliphatic carbocycles. The summed E-state index contributed by atoms with van der Waals surface area (Å²) < 4.78 is 16.3. The second kappa shape index (κ2) is 8.35. The summed E-state index contributed by atoms with van der Waals surface area (Å²) in [5.41, 5.74) is 1.94. The second-order valence-corrected chi connectivity index (χ2v) is 7.27. The van der Waals surface area contributed by atoms with E-state index in [4.69, 9.17) is 13.9 Å². The zero-order valence-electron chi connectivity index (χ0n) is 15.3. The number of benzene rings is 2. The highest BCUT2D eigenvalue weighted by Gasteiger charge is 2.17. The molecule has 2 aromatic carbocycles. The van der Waals surface area contributed by atoms with E-state index in [-0.39, 0.29) is 24.4 Å². The number of carbonyl (C=O) groups excluding carboxylic acids is 1. The van der Waals surface area contributed by atoms with Crippen LogP contribution < -0.4 is 14.8 Å². The molecule has 2 heterocycles. The van der Waals surface area contributed by atoms with Gasteiger partial charge >= 0.3 is 0 Å². The van der Waals surface area contributed by atoms with Crippen molar-refractivity contribution in [3.05, 3.63) is 54.1 Å². The smallest absolute Gasteiger partial charge is 0.277 e. The molecule has 144 valence electrons. The van der Waals surface area contributed by atoms with Gasteiger partial charge < -0.3 is 19.2 Å². The van der Waals surface area contributed by atoms with Crippen molar-refractivity contribution in [2.45, 2.75) is 18.1 Å². The second-order valence-electron chi connectivity index (χ2n) is 6.35. The first-order chi connectivity index (χ1) is 13.7. The molecule has 0 spiro atoms. The third-order valence-electron chi connectivity index (χ3n) is 4.33. The van der Waals surface area contributed by atoms with E-state index in [1.54, 1.807) is 12.1 Å². The Bertz CT molecular complexity index is 961. The van der Waals surface area contributed by atoms with Crippen molar-refractivity contribution >= 4 is 17.7 Å². The van der Waals surface area contributed by atoms with Crippen LogP contribution in [0, 0.1) is 0 Å². The lowest BCUT2D eigenvalue weighted by atomic mass is 10.0. The third kappa shape index (κ3) is 4.28. The standard InChI is InChI=1S/C20H19N3O4S/c1-13(14-5-3-2-4-6-14)10-21-18(24)11-28-20-23-22-19(27-20)15-7-8-16-17(9-15)26-12-25-16/h2-9,13H,10-12H2,1H3,(H,21,24)/t13-/m1/s1. The van der Waals surface area contributed by atoms with Crippen LogP contribution in [0.15, 0.2) is 58.2 Å². The topological polar surface area (TPSA) is 86.5 Å². The van der Waals surface area contributed by atoms with Crippen LogP contribution in [-0.2, 0) is 4.79 Å². The maximum Gasteiger partial charge on any atom is 0.277 e. The number of rotatable bonds is 7. The van der Waals surface area contributed by atoms with Gasteiger partial charge in [-0.2, -0.15) is 0 Å². The molecule has 0 saturated heterocycles. The van der Waals surface area contributed by atoms with E-state index in [1.165, 1.54) is 17.3 Å². The highest BCUT2D eigenvalue weighted by Crippen LogP contribution is 2.35. The Hall–Kier alpha value is -3.00. The van der Waals surface area contributed by atoms with Crippen molar-refractivity contribution in [3.8, 4) is 23.0 Å². The maximum absolute atomic E-state index is 12.1. The Morgan fingerprint density at radius 3 is 2.82 bits per heavy atom. The predicted molar refractivity (Wildman–Crippen MR) is 104 cm³/mol. The zero-order valence-corrected chi connectivity index (χ0v) is 16.1. The number of nitrogens with one attached hydrogen (secondary N) is 1. The fourth-order valence-corrected chi connectivity index (χ4v) is 3.35. The summed E-state index contributed by atoms with van der Waals surface area (Å²) in [6.45, 7) is 2.87. The van der Waals surface area contributed by atoms with Crippen molar-refractivity contribution in [2.24, 2.45) is 0 Å². The van der Waals surface area contributed by atoms with E-state index in [0.717, 1.165) is 5.56 Å². The molecule has 1 aromatic heterocycles. The normalized spacial score (nSPS) is 13.3. The molecule has 0 saturated carbocycles.